The zero-order valence-corrected chi connectivity index (χ0v) is 18.3. The fraction of sp³-hybridized carbons (Fsp3) is 0.417. The van der Waals surface area contributed by atoms with E-state index >= 15 is 0 Å². The minimum absolute atomic E-state index is 0.0564. The van der Waals surface area contributed by atoms with Gasteiger partial charge in [-0.2, -0.15) is 0 Å². The number of quaternary nitrogens is 1. The predicted molar refractivity (Wildman–Crippen MR) is 117 cm³/mol. The van der Waals surface area contributed by atoms with Crippen LogP contribution in [0.15, 0.2) is 48.5 Å². The molecule has 2 aromatic carbocycles. The second-order valence-electron chi connectivity index (χ2n) is 8.81. The van der Waals surface area contributed by atoms with Gasteiger partial charge in [-0.25, -0.2) is 0 Å². The SMILES string of the molecule is C[NH+](C)Cc1ccc(CNC(=O)CCNC(=O)c2ccc(C(C)(C)C)cc2)cc1. The van der Waals surface area contributed by atoms with Crippen molar-refractivity contribution < 1.29 is 14.5 Å². The molecule has 0 atom stereocenters. The molecule has 0 bridgehead atoms. The Bertz CT molecular complexity index is 804. The van der Waals surface area contributed by atoms with E-state index < -0.39 is 0 Å². The molecule has 0 aliphatic heterocycles. The number of nitrogens with one attached hydrogen (secondary N) is 3. The fourth-order valence-electron chi connectivity index (χ4n) is 2.99. The van der Waals surface area contributed by atoms with Gasteiger partial charge in [-0.1, -0.05) is 57.2 Å². The average Bonchev–Trinajstić information content (AvgIpc) is 2.66. The number of benzene rings is 2. The first kappa shape index (κ1) is 22.6. The summed E-state index contributed by atoms with van der Waals surface area (Å²) in [4.78, 5) is 25.6. The lowest BCUT2D eigenvalue weighted by Gasteiger charge is -2.19. The van der Waals surface area contributed by atoms with Crippen molar-refractivity contribution in [2.24, 2.45) is 0 Å². The topological polar surface area (TPSA) is 62.6 Å². The maximum Gasteiger partial charge on any atom is 0.251 e. The molecule has 0 radical (unpaired) electrons. The van der Waals surface area contributed by atoms with Crippen molar-refractivity contribution in [3.8, 4) is 0 Å². The molecule has 29 heavy (non-hydrogen) atoms. The lowest BCUT2D eigenvalue weighted by molar-refractivity contribution is -0.872. The fourth-order valence-corrected chi connectivity index (χ4v) is 2.99. The van der Waals surface area contributed by atoms with Crippen molar-refractivity contribution in [2.45, 2.75) is 45.7 Å². The Kier molecular flexibility index (Phi) is 7.97. The van der Waals surface area contributed by atoms with Gasteiger partial charge in [-0.15, -0.1) is 0 Å². The smallest absolute Gasteiger partial charge is 0.251 e. The molecule has 0 unspecified atom stereocenters. The van der Waals surface area contributed by atoms with Crippen molar-refractivity contribution >= 4 is 11.8 Å². The lowest BCUT2D eigenvalue weighted by Crippen LogP contribution is -3.04. The predicted octanol–water partition coefficient (Wildman–Crippen LogP) is 2.06. The van der Waals surface area contributed by atoms with Gasteiger partial charge in [0.2, 0.25) is 5.91 Å². The first-order valence-corrected chi connectivity index (χ1v) is 10.2. The van der Waals surface area contributed by atoms with Crippen LogP contribution in [0.25, 0.3) is 0 Å². The molecule has 0 fully saturated rings. The van der Waals surface area contributed by atoms with Crippen molar-refractivity contribution in [3.05, 3.63) is 70.8 Å². The van der Waals surface area contributed by atoms with Crippen LogP contribution in [0.2, 0.25) is 0 Å². The molecule has 2 amide bonds. The third kappa shape index (κ3) is 7.70. The molecule has 0 aliphatic carbocycles. The normalized spacial score (nSPS) is 11.4. The summed E-state index contributed by atoms with van der Waals surface area (Å²) in [6.07, 6.45) is 0.258. The van der Waals surface area contributed by atoms with E-state index in [4.69, 9.17) is 0 Å². The largest absolute Gasteiger partial charge is 0.352 e. The molecule has 0 heterocycles. The highest BCUT2D eigenvalue weighted by molar-refractivity contribution is 5.94. The Morgan fingerprint density at radius 1 is 0.862 bits per heavy atom. The van der Waals surface area contributed by atoms with Crippen LogP contribution in [-0.4, -0.2) is 32.5 Å². The monoisotopic (exact) mass is 396 g/mol. The minimum Gasteiger partial charge on any atom is -0.352 e. The van der Waals surface area contributed by atoms with Gasteiger partial charge in [0, 0.05) is 30.6 Å². The summed E-state index contributed by atoms with van der Waals surface area (Å²) in [5.74, 6) is -0.230. The summed E-state index contributed by atoms with van der Waals surface area (Å²) in [6.45, 7) is 8.21. The molecule has 0 aliphatic rings. The van der Waals surface area contributed by atoms with Crippen LogP contribution in [0.1, 0.15) is 54.2 Å². The summed E-state index contributed by atoms with van der Waals surface area (Å²) in [5.41, 5.74) is 4.19. The van der Waals surface area contributed by atoms with Crippen LogP contribution in [0.3, 0.4) is 0 Å². The molecule has 2 aromatic rings. The summed E-state index contributed by atoms with van der Waals surface area (Å²) >= 11 is 0. The first-order chi connectivity index (χ1) is 13.6. The van der Waals surface area contributed by atoms with Gasteiger partial charge < -0.3 is 15.5 Å². The molecule has 0 spiro atoms. The lowest BCUT2D eigenvalue weighted by atomic mass is 9.87. The molecule has 2 rings (SSSR count). The first-order valence-electron chi connectivity index (χ1n) is 10.2. The van der Waals surface area contributed by atoms with Crippen LogP contribution in [0, 0.1) is 0 Å². The van der Waals surface area contributed by atoms with E-state index in [1.165, 1.54) is 16.0 Å². The van der Waals surface area contributed by atoms with Crippen molar-refractivity contribution in [1.29, 1.82) is 0 Å². The molecule has 0 saturated heterocycles. The van der Waals surface area contributed by atoms with Gasteiger partial charge in [0.25, 0.3) is 5.91 Å². The van der Waals surface area contributed by atoms with Crippen LogP contribution in [-0.2, 0) is 23.3 Å². The number of rotatable bonds is 8. The molecule has 156 valence electrons. The Labute approximate surface area is 174 Å². The maximum atomic E-state index is 12.2. The van der Waals surface area contributed by atoms with Gasteiger partial charge >= 0.3 is 0 Å². The maximum absolute atomic E-state index is 12.2. The number of hydrogen-bond donors (Lipinski definition) is 3. The van der Waals surface area contributed by atoms with E-state index in [0.29, 0.717) is 18.7 Å². The second-order valence-corrected chi connectivity index (χ2v) is 8.81. The Balaban J connectivity index is 1.72. The molecular weight excluding hydrogens is 362 g/mol. The summed E-state index contributed by atoms with van der Waals surface area (Å²) in [6, 6.07) is 15.9. The van der Waals surface area contributed by atoms with Crippen molar-refractivity contribution in [1.82, 2.24) is 10.6 Å². The number of hydrogen-bond acceptors (Lipinski definition) is 2. The van der Waals surface area contributed by atoms with Crippen LogP contribution < -0.4 is 15.5 Å². The van der Waals surface area contributed by atoms with Gasteiger partial charge in [-0.3, -0.25) is 9.59 Å². The highest BCUT2D eigenvalue weighted by Crippen LogP contribution is 2.22. The molecular formula is C24H34N3O2+. The van der Waals surface area contributed by atoms with Crippen LogP contribution in [0.5, 0.6) is 0 Å². The Hall–Kier alpha value is -2.66. The van der Waals surface area contributed by atoms with E-state index in [1.807, 2.05) is 36.4 Å². The summed E-state index contributed by atoms with van der Waals surface area (Å²) in [7, 11) is 4.24. The zero-order chi connectivity index (χ0) is 21.4. The van der Waals surface area contributed by atoms with Gasteiger partial charge in [-0.05, 0) is 28.7 Å². The van der Waals surface area contributed by atoms with Gasteiger partial charge in [0.1, 0.15) is 6.54 Å². The van der Waals surface area contributed by atoms with Gasteiger partial charge in [0.15, 0.2) is 0 Å². The third-order valence-corrected chi connectivity index (χ3v) is 4.72. The Morgan fingerprint density at radius 2 is 1.45 bits per heavy atom. The third-order valence-electron chi connectivity index (χ3n) is 4.72. The number of carbonyl (C=O) groups excluding carboxylic acids is 2. The molecule has 3 N–H and O–H groups in total. The van der Waals surface area contributed by atoms with E-state index in [0.717, 1.165) is 12.1 Å². The standard InChI is InChI=1S/C24H33N3O2/c1-24(2,3)21-12-10-20(11-13-21)23(29)25-15-14-22(28)26-16-18-6-8-19(9-7-18)17-27(4)5/h6-13H,14-17H2,1-5H3,(H,25,29)(H,26,28)/p+1. The quantitative estimate of drug-likeness (QED) is 0.640. The van der Waals surface area contributed by atoms with E-state index in [2.05, 4.69) is 57.6 Å². The van der Waals surface area contributed by atoms with E-state index in [9.17, 15) is 9.59 Å². The summed E-state index contributed by atoms with van der Waals surface area (Å²) in [5, 5.41) is 5.71. The highest BCUT2D eigenvalue weighted by Gasteiger charge is 2.14. The molecule has 5 nitrogen and oxygen atoms in total. The highest BCUT2D eigenvalue weighted by atomic mass is 16.2. The number of amides is 2. The minimum atomic E-state index is -0.156. The summed E-state index contributed by atoms with van der Waals surface area (Å²) < 4.78 is 0. The van der Waals surface area contributed by atoms with Crippen molar-refractivity contribution in [3.63, 3.8) is 0 Å². The molecule has 0 aromatic heterocycles. The van der Waals surface area contributed by atoms with Crippen LogP contribution in [0.4, 0.5) is 0 Å². The van der Waals surface area contributed by atoms with E-state index in [1.54, 1.807) is 0 Å². The van der Waals surface area contributed by atoms with Gasteiger partial charge in [0.05, 0.1) is 14.1 Å². The second kappa shape index (κ2) is 10.2. The van der Waals surface area contributed by atoms with Crippen molar-refractivity contribution in [2.75, 3.05) is 20.6 Å². The number of carbonyl (C=O) groups is 2. The van der Waals surface area contributed by atoms with E-state index in [-0.39, 0.29) is 23.7 Å². The zero-order valence-electron chi connectivity index (χ0n) is 18.3. The molecule has 0 saturated carbocycles. The van der Waals surface area contributed by atoms with Crippen LogP contribution >= 0.6 is 0 Å². The Morgan fingerprint density at radius 3 is 2.00 bits per heavy atom. The molecule has 5 heteroatoms. The average molecular weight is 397 g/mol.